The van der Waals surface area contributed by atoms with E-state index in [1.165, 1.54) is 6.42 Å². The summed E-state index contributed by atoms with van der Waals surface area (Å²) >= 11 is 0. The molecule has 2 fully saturated rings. The molecule has 90 valence electrons. The van der Waals surface area contributed by atoms with Gasteiger partial charge >= 0.3 is 0 Å². The Morgan fingerprint density at radius 3 is 2.31 bits per heavy atom. The summed E-state index contributed by atoms with van der Waals surface area (Å²) in [5.74, 6) is -0.704. The van der Waals surface area contributed by atoms with Gasteiger partial charge in [-0.05, 0) is 45.3 Å². The van der Waals surface area contributed by atoms with Gasteiger partial charge in [-0.2, -0.15) is 4.89 Å². The second kappa shape index (κ2) is 2.71. The van der Waals surface area contributed by atoms with Crippen molar-refractivity contribution in [1.29, 1.82) is 0 Å². The Hall–Kier alpha value is -0.380. The van der Waals surface area contributed by atoms with E-state index in [0.29, 0.717) is 0 Å². The maximum Gasteiger partial charge on any atom is 0.218 e. The highest BCUT2D eigenvalue weighted by Gasteiger charge is 2.68. The third-order valence-corrected chi connectivity index (χ3v) is 4.63. The maximum atomic E-state index is 6.16. The summed E-state index contributed by atoms with van der Waals surface area (Å²) in [6, 6.07) is 0. The van der Waals surface area contributed by atoms with E-state index in [4.69, 9.17) is 14.5 Å². The molecular formula is C13H20O3. The lowest BCUT2D eigenvalue weighted by Gasteiger charge is -2.64. The Morgan fingerprint density at radius 1 is 0.938 bits per heavy atom. The van der Waals surface area contributed by atoms with E-state index >= 15 is 0 Å². The fourth-order valence-corrected chi connectivity index (χ4v) is 3.66. The van der Waals surface area contributed by atoms with Gasteiger partial charge in [0.2, 0.25) is 5.79 Å². The molecule has 0 radical (unpaired) electrons. The summed E-state index contributed by atoms with van der Waals surface area (Å²) in [6.07, 6.45) is 7.50. The second-order valence-electron chi connectivity index (χ2n) is 6.32. The average Bonchev–Trinajstić information content (AvgIpc) is 2.15. The van der Waals surface area contributed by atoms with E-state index < -0.39 is 11.4 Å². The quantitative estimate of drug-likeness (QED) is 0.467. The molecule has 1 saturated heterocycles. The third kappa shape index (κ3) is 1.04. The van der Waals surface area contributed by atoms with Gasteiger partial charge < -0.3 is 4.74 Å². The zero-order valence-corrected chi connectivity index (χ0v) is 10.5. The SMILES string of the molecule is CC1(C)CCC[C@]2(C)O[C@]3(C)C=C[C@]12OO3. The van der Waals surface area contributed by atoms with E-state index in [1.54, 1.807) is 0 Å². The molecule has 3 aliphatic heterocycles. The van der Waals surface area contributed by atoms with Gasteiger partial charge in [0.25, 0.3) is 0 Å². The fraction of sp³-hybridized carbons (Fsp3) is 0.846. The standard InChI is InChI=1S/C13H20O3/c1-10(2)6-5-7-11(3)13(10)9-8-12(4,14-11)15-16-13/h8-9H,5-7H2,1-4H3/t11-,12-,13-/m0/s1. The summed E-state index contributed by atoms with van der Waals surface area (Å²) in [6.45, 7) is 8.52. The van der Waals surface area contributed by atoms with Gasteiger partial charge in [0.1, 0.15) is 5.60 Å². The van der Waals surface area contributed by atoms with Crippen LogP contribution >= 0.6 is 0 Å². The molecule has 0 aromatic rings. The first kappa shape index (κ1) is 10.8. The first-order valence-corrected chi connectivity index (χ1v) is 6.10. The van der Waals surface area contributed by atoms with E-state index in [-0.39, 0.29) is 11.0 Å². The van der Waals surface area contributed by atoms with Crippen LogP contribution in [0.15, 0.2) is 12.2 Å². The predicted molar refractivity (Wildman–Crippen MR) is 59.6 cm³/mol. The summed E-state index contributed by atoms with van der Waals surface area (Å²) in [5.41, 5.74) is -0.662. The Kier molecular flexibility index (Phi) is 1.82. The molecule has 4 aliphatic rings. The highest BCUT2D eigenvalue weighted by atomic mass is 17.3. The minimum atomic E-state index is -0.704. The second-order valence-corrected chi connectivity index (χ2v) is 6.32. The average molecular weight is 224 g/mol. The zero-order chi connectivity index (χ0) is 11.7. The van der Waals surface area contributed by atoms with Gasteiger partial charge in [-0.15, -0.1) is 0 Å². The number of rotatable bonds is 0. The highest BCUT2D eigenvalue weighted by molar-refractivity contribution is 5.27. The largest absolute Gasteiger partial charge is 0.334 e. The van der Waals surface area contributed by atoms with Crippen LogP contribution in [0.25, 0.3) is 0 Å². The summed E-state index contributed by atoms with van der Waals surface area (Å²) < 4.78 is 6.16. The summed E-state index contributed by atoms with van der Waals surface area (Å²) in [7, 11) is 0. The number of fused-ring (bicyclic) bond motifs is 1. The lowest BCUT2D eigenvalue weighted by molar-refractivity contribution is -0.548. The van der Waals surface area contributed by atoms with Crippen LogP contribution in [-0.2, 0) is 14.5 Å². The molecule has 1 saturated carbocycles. The Balaban J connectivity index is 2.16. The number of hydrogen-bond donors (Lipinski definition) is 0. The monoisotopic (exact) mass is 224 g/mol. The fourth-order valence-electron chi connectivity index (χ4n) is 3.66. The van der Waals surface area contributed by atoms with Crippen molar-refractivity contribution in [2.45, 2.75) is 63.9 Å². The summed E-state index contributed by atoms with van der Waals surface area (Å²) in [4.78, 5) is 11.2. The zero-order valence-electron chi connectivity index (χ0n) is 10.5. The maximum absolute atomic E-state index is 6.16. The number of hydrogen-bond acceptors (Lipinski definition) is 3. The van der Waals surface area contributed by atoms with Crippen LogP contribution in [0.4, 0.5) is 0 Å². The molecule has 1 spiro atoms. The van der Waals surface area contributed by atoms with Crippen LogP contribution < -0.4 is 0 Å². The highest BCUT2D eigenvalue weighted by Crippen LogP contribution is 2.60. The van der Waals surface area contributed by atoms with Crippen LogP contribution in [0.1, 0.15) is 47.0 Å². The van der Waals surface area contributed by atoms with Crippen LogP contribution in [0.3, 0.4) is 0 Å². The van der Waals surface area contributed by atoms with Gasteiger partial charge in [-0.1, -0.05) is 13.8 Å². The molecule has 3 heterocycles. The van der Waals surface area contributed by atoms with E-state index in [2.05, 4.69) is 26.8 Å². The molecule has 16 heavy (non-hydrogen) atoms. The van der Waals surface area contributed by atoms with Crippen molar-refractivity contribution >= 4 is 0 Å². The van der Waals surface area contributed by atoms with Gasteiger partial charge in [-0.25, -0.2) is 4.89 Å². The van der Waals surface area contributed by atoms with Crippen LogP contribution in [0, 0.1) is 5.41 Å². The molecule has 4 rings (SSSR count). The molecule has 0 unspecified atom stereocenters. The molecule has 0 aromatic heterocycles. The van der Waals surface area contributed by atoms with Crippen molar-refractivity contribution in [3.05, 3.63) is 12.2 Å². The first-order chi connectivity index (χ1) is 7.33. The minimum Gasteiger partial charge on any atom is -0.334 e. The summed E-state index contributed by atoms with van der Waals surface area (Å²) in [5, 5.41) is 0. The van der Waals surface area contributed by atoms with Crippen molar-refractivity contribution < 1.29 is 14.5 Å². The third-order valence-electron chi connectivity index (χ3n) is 4.63. The molecule has 3 atom stereocenters. The molecule has 2 bridgehead atoms. The Morgan fingerprint density at radius 2 is 1.69 bits per heavy atom. The van der Waals surface area contributed by atoms with Gasteiger partial charge in [-0.3, -0.25) is 0 Å². The van der Waals surface area contributed by atoms with Gasteiger partial charge in [0.05, 0.1) is 0 Å². The van der Waals surface area contributed by atoms with Gasteiger partial charge in [0.15, 0.2) is 5.60 Å². The van der Waals surface area contributed by atoms with E-state index in [1.807, 2.05) is 13.0 Å². The van der Waals surface area contributed by atoms with Crippen molar-refractivity contribution in [2.24, 2.45) is 5.41 Å². The van der Waals surface area contributed by atoms with Crippen molar-refractivity contribution in [2.75, 3.05) is 0 Å². The molecular weight excluding hydrogens is 204 g/mol. The molecule has 3 heteroatoms. The van der Waals surface area contributed by atoms with E-state index in [0.717, 1.165) is 12.8 Å². The predicted octanol–water partition coefficient (Wildman–Crippen LogP) is 2.96. The van der Waals surface area contributed by atoms with Gasteiger partial charge in [0, 0.05) is 5.41 Å². The Bertz CT molecular complexity index is 362. The Labute approximate surface area is 96.7 Å². The van der Waals surface area contributed by atoms with Crippen molar-refractivity contribution in [3.63, 3.8) is 0 Å². The minimum absolute atomic E-state index is 0.0399. The molecule has 0 amide bonds. The number of ether oxygens (including phenoxy) is 1. The van der Waals surface area contributed by atoms with Crippen LogP contribution in [0.2, 0.25) is 0 Å². The van der Waals surface area contributed by atoms with E-state index in [9.17, 15) is 0 Å². The molecule has 0 N–H and O–H groups in total. The lowest BCUT2D eigenvalue weighted by atomic mass is 9.57. The smallest absolute Gasteiger partial charge is 0.218 e. The lowest BCUT2D eigenvalue weighted by Crippen LogP contribution is -2.72. The normalized spacial score (nSPS) is 53.8. The van der Waals surface area contributed by atoms with Crippen molar-refractivity contribution in [3.8, 4) is 0 Å². The first-order valence-electron chi connectivity index (χ1n) is 6.10. The molecule has 0 aromatic carbocycles. The topological polar surface area (TPSA) is 27.7 Å². The van der Waals surface area contributed by atoms with Crippen LogP contribution in [-0.4, -0.2) is 17.0 Å². The molecule has 1 aliphatic carbocycles. The van der Waals surface area contributed by atoms with Crippen LogP contribution in [0.5, 0.6) is 0 Å². The van der Waals surface area contributed by atoms with Crippen molar-refractivity contribution in [1.82, 2.24) is 0 Å². The molecule has 3 nitrogen and oxygen atoms in total.